The summed E-state index contributed by atoms with van der Waals surface area (Å²) in [6, 6.07) is 4.91. The highest BCUT2D eigenvalue weighted by atomic mass is 32.2. The second kappa shape index (κ2) is 7.02. The van der Waals surface area contributed by atoms with Gasteiger partial charge in [-0.1, -0.05) is 19.9 Å². The van der Waals surface area contributed by atoms with Gasteiger partial charge in [-0.2, -0.15) is 0 Å². The summed E-state index contributed by atoms with van der Waals surface area (Å²) in [6.45, 7) is 5.89. The van der Waals surface area contributed by atoms with Crippen LogP contribution < -0.4 is 10.6 Å². The van der Waals surface area contributed by atoms with Crippen molar-refractivity contribution in [2.75, 3.05) is 26.0 Å². The third-order valence-electron chi connectivity index (χ3n) is 2.93. The Balaban J connectivity index is 2.96. The standard InChI is InChI=1S/C14H23N3O3S/c1-10(2)15-9-14(18)16-13-8-12(7-6-11(13)3)21(19,20)17(4)5/h6-8,10,15H,9H2,1-5H3,(H,16,18). The van der Waals surface area contributed by atoms with Gasteiger partial charge >= 0.3 is 0 Å². The van der Waals surface area contributed by atoms with Gasteiger partial charge in [0.25, 0.3) is 0 Å². The highest BCUT2D eigenvalue weighted by molar-refractivity contribution is 7.89. The molecule has 7 heteroatoms. The van der Waals surface area contributed by atoms with E-state index in [9.17, 15) is 13.2 Å². The molecule has 0 radical (unpaired) electrons. The van der Waals surface area contributed by atoms with E-state index in [1.165, 1.54) is 26.2 Å². The maximum Gasteiger partial charge on any atom is 0.242 e. The van der Waals surface area contributed by atoms with E-state index in [2.05, 4.69) is 10.6 Å². The van der Waals surface area contributed by atoms with Crippen molar-refractivity contribution in [3.8, 4) is 0 Å². The van der Waals surface area contributed by atoms with E-state index >= 15 is 0 Å². The number of carbonyl (C=O) groups is 1. The molecule has 0 aliphatic rings. The quantitative estimate of drug-likeness (QED) is 0.827. The third kappa shape index (κ3) is 4.80. The fraction of sp³-hybridized carbons (Fsp3) is 0.500. The van der Waals surface area contributed by atoms with E-state index in [0.717, 1.165) is 9.87 Å². The minimum Gasteiger partial charge on any atom is -0.325 e. The predicted octanol–water partition coefficient (Wildman–Crippen LogP) is 1.18. The van der Waals surface area contributed by atoms with Gasteiger partial charge in [-0.05, 0) is 24.6 Å². The van der Waals surface area contributed by atoms with Crippen LogP contribution in [0.4, 0.5) is 5.69 Å². The predicted molar refractivity (Wildman–Crippen MR) is 83.8 cm³/mol. The number of hydrogen-bond acceptors (Lipinski definition) is 4. The van der Waals surface area contributed by atoms with E-state index in [4.69, 9.17) is 0 Å². The molecule has 1 aromatic carbocycles. The summed E-state index contributed by atoms with van der Waals surface area (Å²) in [5.74, 6) is -0.203. The molecule has 0 unspecified atom stereocenters. The molecule has 6 nitrogen and oxygen atoms in total. The molecule has 0 saturated heterocycles. The zero-order valence-corrected chi connectivity index (χ0v) is 13.9. The molecule has 118 valence electrons. The number of benzene rings is 1. The molecule has 1 aromatic rings. The maximum absolute atomic E-state index is 12.1. The van der Waals surface area contributed by atoms with Gasteiger partial charge in [0, 0.05) is 25.8 Å². The Hall–Kier alpha value is -1.44. The van der Waals surface area contributed by atoms with Gasteiger partial charge in [0.15, 0.2) is 0 Å². The van der Waals surface area contributed by atoms with Crippen LogP contribution in [0.25, 0.3) is 0 Å². The van der Waals surface area contributed by atoms with Crippen molar-refractivity contribution in [2.24, 2.45) is 0 Å². The Labute approximate surface area is 126 Å². The topological polar surface area (TPSA) is 78.5 Å². The van der Waals surface area contributed by atoms with Crippen molar-refractivity contribution in [1.82, 2.24) is 9.62 Å². The van der Waals surface area contributed by atoms with Crippen LogP contribution in [0, 0.1) is 6.92 Å². The molecule has 1 amide bonds. The summed E-state index contributed by atoms with van der Waals surface area (Å²) >= 11 is 0. The van der Waals surface area contributed by atoms with Crippen molar-refractivity contribution in [3.63, 3.8) is 0 Å². The van der Waals surface area contributed by atoms with Crippen LogP contribution in [0.5, 0.6) is 0 Å². The van der Waals surface area contributed by atoms with Crippen LogP contribution in [0.3, 0.4) is 0 Å². The first-order chi connectivity index (χ1) is 9.64. The molecule has 2 N–H and O–H groups in total. The lowest BCUT2D eigenvalue weighted by molar-refractivity contribution is -0.115. The van der Waals surface area contributed by atoms with E-state index in [-0.39, 0.29) is 23.4 Å². The van der Waals surface area contributed by atoms with Crippen LogP contribution >= 0.6 is 0 Å². The zero-order valence-electron chi connectivity index (χ0n) is 13.1. The van der Waals surface area contributed by atoms with E-state index in [1.54, 1.807) is 6.07 Å². The fourth-order valence-corrected chi connectivity index (χ4v) is 2.53. The summed E-state index contributed by atoms with van der Waals surface area (Å²) in [4.78, 5) is 12.0. The monoisotopic (exact) mass is 313 g/mol. The molecule has 0 aliphatic heterocycles. The lowest BCUT2D eigenvalue weighted by Crippen LogP contribution is -2.32. The molecular formula is C14H23N3O3S. The maximum atomic E-state index is 12.1. The fourth-order valence-electron chi connectivity index (χ4n) is 1.60. The summed E-state index contributed by atoms with van der Waals surface area (Å²) < 4.78 is 25.3. The van der Waals surface area contributed by atoms with Crippen molar-refractivity contribution in [1.29, 1.82) is 0 Å². The smallest absolute Gasteiger partial charge is 0.242 e. The van der Waals surface area contributed by atoms with E-state index in [1.807, 2.05) is 20.8 Å². The number of rotatable bonds is 6. The first kappa shape index (κ1) is 17.6. The largest absolute Gasteiger partial charge is 0.325 e. The number of hydrogen-bond donors (Lipinski definition) is 2. The summed E-state index contributed by atoms with van der Waals surface area (Å²) in [5, 5.41) is 5.74. The van der Waals surface area contributed by atoms with Crippen LogP contribution in [-0.4, -0.2) is 45.3 Å². The van der Waals surface area contributed by atoms with Crippen molar-refractivity contribution in [3.05, 3.63) is 23.8 Å². The number of carbonyl (C=O) groups excluding carboxylic acids is 1. The molecule has 1 rings (SSSR count). The molecule has 0 atom stereocenters. The first-order valence-electron chi connectivity index (χ1n) is 6.71. The molecule has 0 fully saturated rings. The highest BCUT2D eigenvalue weighted by Crippen LogP contribution is 2.21. The Morgan fingerprint density at radius 2 is 1.90 bits per heavy atom. The zero-order chi connectivity index (χ0) is 16.2. The minimum absolute atomic E-state index is 0.158. The van der Waals surface area contributed by atoms with Gasteiger partial charge in [-0.3, -0.25) is 4.79 Å². The lowest BCUT2D eigenvalue weighted by atomic mass is 10.2. The Morgan fingerprint density at radius 3 is 2.43 bits per heavy atom. The average molecular weight is 313 g/mol. The van der Waals surface area contributed by atoms with Crippen molar-refractivity contribution in [2.45, 2.75) is 31.7 Å². The van der Waals surface area contributed by atoms with Gasteiger partial charge in [-0.25, -0.2) is 12.7 Å². The normalized spacial score (nSPS) is 12.0. The van der Waals surface area contributed by atoms with Crippen LogP contribution in [0.15, 0.2) is 23.1 Å². The number of amides is 1. The molecule has 0 spiro atoms. The minimum atomic E-state index is -3.51. The Morgan fingerprint density at radius 1 is 1.29 bits per heavy atom. The van der Waals surface area contributed by atoms with Crippen LogP contribution in [-0.2, 0) is 14.8 Å². The summed E-state index contributed by atoms with van der Waals surface area (Å²) in [6.07, 6.45) is 0. The van der Waals surface area contributed by atoms with Crippen molar-refractivity contribution >= 4 is 21.6 Å². The number of anilines is 1. The summed E-state index contributed by atoms with van der Waals surface area (Å²) in [7, 11) is -0.567. The Kier molecular flexibility index (Phi) is 5.88. The molecule has 0 heterocycles. The molecule has 21 heavy (non-hydrogen) atoms. The average Bonchev–Trinajstić information content (AvgIpc) is 2.38. The van der Waals surface area contributed by atoms with E-state index < -0.39 is 10.0 Å². The van der Waals surface area contributed by atoms with Gasteiger partial charge in [-0.15, -0.1) is 0 Å². The molecule has 0 aliphatic carbocycles. The number of nitrogens with zero attached hydrogens (tertiary/aromatic N) is 1. The SMILES string of the molecule is Cc1ccc(S(=O)(=O)N(C)C)cc1NC(=O)CNC(C)C. The van der Waals surface area contributed by atoms with Gasteiger partial charge < -0.3 is 10.6 Å². The second-order valence-corrected chi connectivity index (χ2v) is 7.50. The van der Waals surface area contributed by atoms with Crippen molar-refractivity contribution < 1.29 is 13.2 Å². The van der Waals surface area contributed by atoms with E-state index in [0.29, 0.717) is 5.69 Å². The second-order valence-electron chi connectivity index (χ2n) is 5.35. The molecule has 0 aromatic heterocycles. The van der Waals surface area contributed by atoms with Crippen LogP contribution in [0.1, 0.15) is 19.4 Å². The molecule has 0 bridgehead atoms. The first-order valence-corrected chi connectivity index (χ1v) is 8.15. The lowest BCUT2D eigenvalue weighted by Gasteiger charge is -2.15. The molecule has 0 saturated carbocycles. The molecular weight excluding hydrogens is 290 g/mol. The number of nitrogens with one attached hydrogen (secondary N) is 2. The van der Waals surface area contributed by atoms with Crippen LogP contribution in [0.2, 0.25) is 0 Å². The number of aryl methyl sites for hydroxylation is 1. The van der Waals surface area contributed by atoms with Gasteiger partial charge in [0.05, 0.1) is 11.4 Å². The van der Waals surface area contributed by atoms with Gasteiger partial charge in [0.2, 0.25) is 15.9 Å². The Bertz CT molecular complexity index is 610. The summed E-state index contributed by atoms with van der Waals surface area (Å²) in [5.41, 5.74) is 1.32. The van der Waals surface area contributed by atoms with Gasteiger partial charge in [0.1, 0.15) is 0 Å². The number of sulfonamides is 1. The highest BCUT2D eigenvalue weighted by Gasteiger charge is 2.18. The third-order valence-corrected chi connectivity index (χ3v) is 4.74.